The number of nitrogens with zero attached hydrogens (tertiary/aromatic N) is 3. The summed E-state index contributed by atoms with van der Waals surface area (Å²) in [6.45, 7) is 2.78. The molecular weight excluding hydrogens is 246 g/mol. The summed E-state index contributed by atoms with van der Waals surface area (Å²) in [7, 11) is 1.19. The molecule has 0 spiro atoms. The first-order valence-corrected chi connectivity index (χ1v) is 7.41. The first-order chi connectivity index (χ1) is 7.58. The maximum absolute atomic E-state index is 11.2. The molecule has 1 aliphatic rings. The fourth-order valence-electron chi connectivity index (χ4n) is 1.98. The van der Waals surface area contributed by atoms with Crippen molar-refractivity contribution in [1.29, 1.82) is 0 Å². The van der Waals surface area contributed by atoms with Crippen LogP contribution in [0, 0.1) is 0 Å². The second kappa shape index (κ2) is 4.85. The van der Waals surface area contributed by atoms with Gasteiger partial charge < -0.3 is 4.90 Å². The molecule has 2 heterocycles. The molecule has 0 aliphatic carbocycles. The minimum Gasteiger partial charge on any atom is -0.300 e. The van der Waals surface area contributed by atoms with Gasteiger partial charge in [-0.25, -0.2) is 0 Å². The van der Waals surface area contributed by atoms with E-state index in [0.717, 1.165) is 37.4 Å². The lowest BCUT2D eigenvalue weighted by atomic mass is 10.3. The molecule has 0 fully saturated rings. The minimum atomic E-state index is -0.892. The number of rotatable bonds is 2. The molecule has 0 amide bonds. The maximum atomic E-state index is 11.2. The van der Waals surface area contributed by atoms with Crippen LogP contribution in [0.3, 0.4) is 0 Å². The summed E-state index contributed by atoms with van der Waals surface area (Å²) in [4.78, 5) is 2.24. The number of hydrogen-bond donors (Lipinski definition) is 0. The SMILES string of the molecule is CN1CCCn2nc(CS(C)=O)c(Cl)c2C1. The Labute approximate surface area is 103 Å². The van der Waals surface area contributed by atoms with E-state index in [4.69, 9.17) is 11.6 Å². The summed E-state index contributed by atoms with van der Waals surface area (Å²) >= 11 is 6.28. The van der Waals surface area contributed by atoms with Gasteiger partial charge in [-0.05, 0) is 13.5 Å². The summed E-state index contributed by atoms with van der Waals surface area (Å²) in [6, 6.07) is 0. The number of halogens is 1. The number of fused-ring (bicyclic) bond motifs is 1. The van der Waals surface area contributed by atoms with E-state index in [1.165, 1.54) is 0 Å². The van der Waals surface area contributed by atoms with Crippen molar-refractivity contribution in [1.82, 2.24) is 14.7 Å². The molecule has 0 saturated carbocycles. The second-order valence-corrected chi connectivity index (χ2v) is 6.05. The normalized spacial score (nSPS) is 19.2. The molecule has 0 N–H and O–H groups in total. The van der Waals surface area contributed by atoms with Crippen LogP contribution in [-0.4, -0.2) is 38.7 Å². The number of hydrogen-bond acceptors (Lipinski definition) is 3. The highest BCUT2D eigenvalue weighted by Gasteiger charge is 2.20. The van der Waals surface area contributed by atoms with Crippen molar-refractivity contribution in [3.05, 3.63) is 16.4 Å². The van der Waals surface area contributed by atoms with Crippen molar-refractivity contribution in [3.63, 3.8) is 0 Å². The topological polar surface area (TPSA) is 38.1 Å². The Morgan fingerprint density at radius 3 is 2.94 bits per heavy atom. The molecule has 1 atom stereocenters. The van der Waals surface area contributed by atoms with Gasteiger partial charge in [-0.2, -0.15) is 5.10 Å². The van der Waals surface area contributed by atoms with Gasteiger partial charge in [-0.3, -0.25) is 8.89 Å². The Kier molecular flexibility index (Phi) is 3.66. The summed E-state index contributed by atoms with van der Waals surface area (Å²) in [6.07, 6.45) is 2.75. The van der Waals surface area contributed by atoms with Crippen molar-refractivity contribution in [2.45, 2.75) is 25.3 Å². The standard InChI is InChI=1S/C10H16ClN3OS/c1-13-4-3-5-14-9(6-13)10(11)8(12-14)7-16(2)15/h3-7H2,1-2H3. The van der Waals surface area contributed by atoms with E-state index in [1.807, 2.05) is 4.68 Å². The van der Waals surface area contributed by atoms with E-state index < -0.39 is 10.8 Å². The van der Waals surface area contributed by atoms with E-state index in [9.17, 15) is 4.21 Å². The van der Waals surface area contributed by atoms with Crippen LogP contribution in [-0.2, 0) is 29.6 Å². The number of aromatic nitrogens is 2. The largest absolute Gasteiger partial charge is 0.300 e. The molecule has 2 rings (SSSR count). The Morgan fingerprint density at radius 1 is 1.50 bits per heavy atom. The van der Waals surface area contributed by atoms with E-state index in [-0.39, 0.29) is 0 Å². The van der Waals surface area contributed by atoms with Crippen LogP contribution in [0.25, 0.3) is 0 Å². The summed E-state index contributed by atoms with van der Waals surface area (Å²) < 4.78 is 13.2. The number of aryl methyl sites for hydroxylation is 1. The van der Waals surface area contributed by atoms with Crippen molar-refractivity contribution in [2.75, 3.05) is 19.8 Å². The van der Waals surface area contributed by atoms with Gasteiger partial charge in [0.15, 0.2) is 0 Å². The lowest BCUT2D eigenvalue weighted by molar-refractivity contribution is 0.332. The molecule has 1 aromatic rings. The highest BCUT2D eigenvalue weighted by molar-refractivity contribution is 7.83. The summed E-state index contributed by atoms with van der Waals surface area (Å²) in [5, 5.41) is 5.15. The third-order valence-corrected chi connectivity index (χ3v) is 3.85. The first-order valence-electron chi connectivity index (χ1n) is 5.30. The molecule has 1 aliphatic heterocycles. The molecule has 0 radical (unpaired) electrons. The third-order valence-electron chi connectivity index (χ3n) is 2.73. The quantitative estimate of drug-likeness (QED) is 0.804. The van der Waals surface area contributed by atoms with Crippen LogP contribution in [0.2, 0.25) is 5.02 Å². The molecule has 90 valence electrons. The molecule has 0 bridgehead atoms. The molecule has 1 unspecified atom stereocenters. The Morgan fingerprint density at radius 2 is 2.25 bits per heavy atom. The van der Waals surface area contributed by atoms with Crippen LogP contribution >= 0.6 is 11.6 Å². The van der Waals surface area contributed by atoms with Gasteiger partial charge in [0.05, 0.1) is 22.2 Å². The molecule has 4 nitrogen and oxygen atoms in total. The zero-order chi connectivity index (χ0) is 11.7. The van der Waals surface area contributed by atoms with Gasteiger partial charge in [-0.1, -0.05) is 11.6 Å². The van der Waals surface area contributed by atoms with Crippen molar-refractivity contribution < 1.29 is 4.21 Å². The molecular formula is C10H16ClN3OS. The predicted octanol–water partition coefficient (Wildman–Crippen LogP) is 1.25. The van der Waals surface area contributed by atoms with Crippen LogP contribution in [0.5, 0.6) is 0 Å². The molecule has 0 saturated heterocycles. The van der Waals surface area contributed by atoms with Crippen molar-refractivity contribution in [3.8, 4) is 0 Å². The highest BCUT2D eigenvalue weighted by atomic mass is 35.5. The third kappa shape index (κ3) is 2.47. The zero-order valence-electron chi connectivity index (χ0n) is 9.57. The Balaban J connectivity index is 2.32. The van der Waals surface area contributed by atoms with Gasteiger partial charge in [0.1, 0.15) is 0 Å². The lowest BCUT2D eigenvalue weighted by Gasteiger charge is -2.11. The van der Waals surface area contributed by atoms with Gasteiger partial charge in [0, 0.05) is 36.7 Å². The highest BCUT2D eigenvalue weighted by Crippen LogP contribution is 2.25. The fourth-order valence-corrected chi connectivity index (χ4v) is 2.90. The maximum Gasteiger partial charge on any atom is 0.0938 e. The average Bonchev–Trinajstić information content (AvgIpc) is 2.39. The van der Waals surface area contributed by atoms with Gasteiger partial charge in [-0.15, -0.1) is 0 Å². The van der Waals surface area contributed by atoms with Gasteiger partial charge >= 0.3 is 0 Å². The summed E-state index contributed by atoms with van der Waals surface area (Å²) in [5.74, 6) is 0.447. The van der Waals surface area contributed by atoms with Crippen molar-refractivity contribution >= 4 is 22.4 Å². The van der Waals surface area contributed by atoms with Gasteiger partial charge in [0.25, 0.3) is 0 Å². The van der Waals surface area contributed by atoms with E-state index in [2.05, 4.69) is 17.0 Å². The summed E-state index contributed by atoms with van der Waals surface area (Å²) in [5.41, 5.74) is 1.83. The smallest absolute Gasteiger partial charge is 0.0938 e. The average molecular weight is 262 g/mol. The molecule has 6 heteroatoms. The lowest BCUT2D eigenvalue weighted by Crippen LogP contribution is -2.17. The molecule has 1 aromatic heterocycles. The molecule has 0 aromatic carbocycles. The van der Waals surface area contributed by atoms with E-state index in [0.29, 0.717) is 10.8 Å². The zero-order valence-corrected chi connectivity index (χ0v) is 11.1. The van der Waals surface area contributed by atoms with Gasteiger partial charge in [0.2, 0.25) is 0 Å². The Hall–Kier alpha value is -0.390. The van der Waals surface area contributed by atoms with Crippen molar-refractivity contribution in [2.24, 2.45) is 0 Å². The first kappa shape index (κ1) is 12.1. The predicted molar refractivity (Wildman–Crippen MR) is 66.0 cm³/mol. The van der Waals surface area contributed by atoms with Crippen LogP contribution in [0.15, 0.2) is 0 Å². The van der Waals surface area contributed by atoms with E-state index in [1.54, 1.807) is 6.26 Å². The monoisotopic (exact) mass is 261 g/mol. The molecule has 16 heavy (non-hydrogen) atoms. The van der Waals surface area contributed by atoms with Crippen LogP contribution in [0.1, 0.15) is 17.8 Å². The van der Waals surface area contributed by atoms with Crippen LogP contribution in [0.4, 0.5) is 0 Å². The fraction of sp³-hybridized carbons (Fsp3) is 0.700. The minimum absolute atomic E-state index is 0.447. The van der Waals surface area contributed by atoms with E-state index >= 15 is 0 Å². The van der Waals surface area contributed by atoms with Crippen LogP contribution < -0.4 is 0 Å². The second-order valence-electron chi connectivity index (χ2n) is 4.24. The Bertz CT molecular complexity index is 418.